The first-order valence-electron chi connectivity index (χ1n) is 8.24. The minimum absolute atomic E-state index is 0.188. The molecule has 1 heterocycles. The number of aryl methyl sites for hydroxylation is 1. The van der Waals surface area contributed by atoms with Crippen molar-refractivity contribution in [3.63, 3.8) is 0 Å². The van der Waals surface area contributed by atoms with Crippen molar-refractivity contribution in [2.24, 2.45) is 5.92 Å². The number of nitrogens with zero attached hydrogens (tertiary/aromatic N) is 1. The molecule has 0 saturated carbocycles. The summed E-state index contributed by atoms with van der Waals surface area (Å²) in [6, 6.07) is 14.8. The third kappa shape index (κ3) is 3.76. The number of nitrogens with one attached hydrogen (secondary N) is 1. The molecule has 0 aliphatic carbocycles. The molecule has 1 fully saturated rings. The number of amides is 3. The molecule has 0 aromatic heterocycles. The summed E-state index contributed by atoms with van der Waals surface area (Å²) in [6.07, 6.45) is 0.755. The molecule has 0 spiro atoms. The molecule has 1 saturated heterocycles. The molecule has 0 radical (unpaired) electrons. The van der Waals surface area contributed by atoms with E-state index in [1.54, 1.807) is 24.3 Å². The third-order valence-electron chi connectivity index (χ3n) is 4.23. The lowest BCUT2D eigenvalue weighted by atomic mass is 9.97. The van der Waals surface area contributed by atoms with Gasteiger partial charge in [-0.3, -0.25) is 19.3 Å². The molecular formula is C20H20N2O3. The summed E-state index contributed by atoms with van der Waals surface area (Å²) < 4.78 is 0. The smallest absolute Gasteiger partial charge is 0.237 e. The Morgan fingerprint density at radius 1 is 1.16 bits per heavy atom. The van der Waals surface area contributed by atoms with Gasteiger partial charge in [0.2, 0.25) is 17.7 Å². The number of anilines is 2. The highest BCUT2D eigenvalue weighted by molar-refractivity contribution is 6.21. The Kier molecular flexibility index (Phi) is 4.65. The predicted molar refractivity (Wildman–Crippen MR) is 96.2 cm³/mol. The van der Waals surface area contributed by atoms with Crippen LogP contribution in [0, 0.1) is 12.8 Å². The number of hydrogen-bond donors (Lipinski definition) is 1. The van der Waals surface area contributed by atoms with Gasteiger partial charge < -0.3 is 5.32 Å². The van der Waals surface area contributed by atoms with Gasteiger partial charge >= 0.3 is 0 Å². The minimum Gasteiger partial charge on any atom is -0.326 e. The quantitative estimate of drug-likeness (QED) is 0.873. The van der Waals surface area contributed by atoms with E-state index in [0.29, 0.717) is 17.8 Å². The molecule has 2 aromatic carbocycles. The van der Waals surface area contributed by atoms with E-state index in [9.17, 15) is 14.4 Å². The van der Waals surface area contributed by atoms with Gasteiger partial charge in [0.15, 0.2) is 0 Å². The van der Waals surface area contributed by atoms with Crippen LogP contribution in [-0.4, -0.2) is 17.7 Å². The molecule has 2 aromatic rings. The van der Waals surface area contributed by atoms with Gasteiger partial charge in [0.25, 0.3) is 0 Å². The first-order chi connectivity index (χ1) is 11.9. The Hall–Kier alpha value is -2.95. The molecule has 0 bridgehead atoms. The second-order valence-corrected chi connectivity index (χ2v) is 6.39. The van der Waals surface area contributed by atoms with Gasteiger partial charge in [-0.1, -0.05) is 35.9 Å². The average Bonchev–Trinajstić information content (AvgIpc) is 2.81. The topological polar surface area (TPSA) is 66.5 Å². The normalized spacial score (nSPS) is 17.0. The fourth-order valence-electron chi connectivity index (χ4n) is 3.18. The number of benzene rings is 2. The van der Waals surface area contributed by atoms with Gasteiger partial charge in [0, 0.05) is 19.0 Å². The SMILES string of the molecule is CC(=O)Nc1cccc(N2C(=O)C[C@H](Cc3cccc(C)c3)C2=O)c1. The van der Waals surface area contributed by atoms with Crippen LogP contribution in [0.15, 0.2) is 48.5 Å². The Morgan fingerprint density at radius 2 is 1.92 bits per heavy atom. The van der Waals surface area contributed by atoms with Crippen LogP contribution < -0.4 is 10.2 Å². The molecule has 3 amide bonds. The fraction of sp³-hybridized carbons (Fsp3) is 0.250. The van der Waals surface area contributed by atoms with Crippen LogP contribution in [0.25, 0.3) is 0 Å². The molecule has 1 aliphatic heterocycles. The zero-order valence-corrected chi connectivity index (χ0v) is 14.3. The van der Waals surface area contributed by atoms with E-state index in [1.165, 1.54) is 11.8 Å². The lowest BCUT2D eigenvalue weighted by Gasteiger charge is -2.16. The summed E-state index contributed by atoms with van der Waals surface area (Å²) in [5.74, 6) is -0.943. The van der Waals surface area contributed by atoms with Gasteiger partial charge in [-0.15, -0.1) is 0 Å². The van der Waals surface area contributed by atoms with Crippen LogP contribution in [0.1, 0.15) is 24.5 Å². The van der Waals surface area contributed by atoms with Crippen molar-refractivity contribution in [2.75, 3.05) is 10.2 Å². The monoisotopic (exact) mass is 336 g/mol. The largest absolute Gasteiger partial charge is 0.326 e. The molecule has 5 heteroatoms. The zero-order valence-electron chi connectivity index (χ0n) is 14.3. The van der Waals surface area contributed by atoms with E-state index in [2.05, 4.69) is 5.32 Å². The van der Waals surface area contributed by atoms with Crippen LogP contribution in [0.4, 0.5) is 11.4 Å². The molecular weight excluding hydrogens is 316 g/mol. The summed E-state index contributed by atoms with van der Waals surface area (Å²) in [6.45, 7) is 3.42. The van der Waals surface area contributed by atoms with Gasteiger partial charge in [-0.25, -0.2) is 0 Å². The molecule has 0 unspecified atom stereocenters. The van der Waals surface area contributed by atoms with Crippen molar-refractivity contribution >= 4 is 29.1 Å². The lowest BCUT2D eigenvalue weighted by Crippen LogP contribution is -2.30. The highest BCUT2D eigenvalue weighted by Crippen LogP contribution is 2.30. The Morgan fingerprint density at radius 3 is 2.64 bits per heavy atom. The molecule has 3 rings (SSSR count). The van der Waals surface area contributed by atoms with Crippen LogP contribution in [0.2, 0.25) is 0 Å². The van der Waals surface area contributed by atoms with E-state index in [0.717, 1.165) is 11.1 Å². The molecule has 1 aliphatic rings. The van der Waals surface area contributed by atoms with E-state index >= 15 is 0 Å². The van der Waals surface area contributed by atoms with Crippen molar-refractivity contribution in [1.29, 1.82) is 0 Å². The van der Waals surface area contributed by atoms with Gasteiger partial charge in [-0.2, -0.15) is 0 Å². The third-order valence-corrected chi connectivity index (χ3v) is 4.23. The van der Waals surface area contributed by atoms with Gasteiger partial charge in [-0.05, 0) is 37.1 Å². The fourth-order valence-corrected chi connectivity index (χ4v) is 3.18. The number of hydrogen-bond acceptors (Lipinski definition) is 3. The van der Waals surface area contributed by atoms with Crippen molar-refractivity contribution in [3.8, 4) is 0 Å². The Balaban J connectivity index is 1.80. The molecule has 5 nitrogen and oxygen atoms in total. The Bertz CT molecular complexity index is 844. The van der Waals surface area contributed by atoms with E-state index in [-0.39, 0.29) is 30.1 Å². The number of carbonyl (C=O) groups is 3. The number of imide groups is 1. The maximum Gasteiger partial charge on any atom is 0.237 e. The zero-order chi connectivity index (χ0) is 18.0. The molecule has 25 heavy (non-hydrogen) atoms. The first kappa shape index (κ1) is 16.9. The van der Waals surface area contributed by atoms with Crippen molar-refractivity contribution in [2.45, 2.75) is 26.7 Å². The van der Waals surface area contributed by atoms with Crippen LogP contribution >= 0.6 is 0 Å². The van der Waals surface area contributed by atoms with Crippen molar-refractivity contribution in [1.82, 2.24) is 0 Å². The second-order valence-electron chi connectivity index (χ2n) is 6.39. The van der Waals surface area contributed by atoms with Crippen molar-refractivity contribution in [3.05, 3.63) is 59.7 Å². The van der Waals surface area contributed by atoms with E-state index < -0.39 is 0 Å². The number of carbonyl (C=O) groups excluding carboxylic acids is 3. The average molecular weight is 336 g/mol. The first-order valence-corrected chi connectivity index (χ1v) is 8.24. The number of rotatable bonds is 4. The summed E-state index contributed by atoms with van der Waals surface area (Å²) >= 11 is 0. The summed E-state index contributed by atoms with van der Waals surface area (Å²) in [4.78, 5) is 37.6. The highest BCUT2D eigenvalue weighted by atomic mass is 16.2. The van der Waals surface area contributed by atoms with Crippen molar-refractivity contribution < 1.29 is 14.4 Å². The Labute approximate surface area is 146 Å². The predicted octanol–water partition coefficient (Wildman–Crippen LogP) is 3.08. The van der Waals surface area contributed by atoms with Crippen LogP contribution in [0.5, 0.6) is 0 Å². The van der Waals surface area contributed by atoms with Crippen LogP contribution in [-0.2, 0) is 20.8 Å². The van der Waals surface area contributed by atoms with Gasteiger partial charge in [0.05, 0.1) is 11.6 Å². The maximum atomic E-state index is 12.8. The molecule has 128 valence electrons. The van der Waals surface area contributed by atoms with Gasteiger partial charge in [0.1, 0.15) is 0 Å². The maximum absolute atomic E-state index is 12.8. The second kappa shape index (κ2) is 6.89. The summed E-state index contributed by atoms with van der Waals surface area (Å²) in [7, 11) is 0. The van der Waals surface area contributed by atoms with E-state index in [4.69, 9.17) is 0 Å². The summed E-state index contributed by atoms with van der Waals surface area (Å²) in [5.41, 5.74) is 3.25. The molecule has 1 atom stereocenters. The van der Waals surface area contributed by atoms with Crippen LogP contribution in [0.3, 0.4) is 0 Å². The highest BCUT2D eigenvalue weighted by Gasteiger charge is 2.39. The lowest BCUT2D eigenvalue weighted by molar-refractivity contribution is -0.122. The minimum atomic E-state index is -0.348. The van der Waals surface area contributed by atoms with E-state index in [1.807, 2.05) is 31.2 Å². The standard InChI is InChI=1S/C20H20N2O3/c1-13-5-3-6-15(9-13)10-16-11-19(24)22(20(16)25)18-8-4-7-17(12-18)21-14(2)23/h3-9,12,16H,10-11H2,1-2H3,(H,21,23)/t16-/m0/s1. The summed E-state index contributed by atoms with van der Waals surface area (Å²) in [5, 5.41) is 2.67. The molecule has 1 N–H and O–H groups in total.